The van der Waals surface area contributed by atoms with E-state index >= 15 is 0 Å². The molecule has 1 aliphatic heterocycles. The van der Waals surface area contributed by atoms with Gasteiger partial charge in [-0.2, -0.15) is 13.1 Å². The number of morpholine rings is 1. The number of carbonyl (C=O) groups excluding carboxylic acids is 1. The van der Waals surface area contributed by atoms with E-state index in [4.69, 9.17) is 4.74 Å². The molecule has 0 atom stereocenters. The van der Waals surface area contributed by atoms with Crippen LogP contribution >= 0.6 is 0 Å². The molecule has 0 bridgehead atoms. The lowest BCUT2D eigenvalue weighted by Crippen LogP contribution is -2.40. The minimum absolute atomic E-state index is 0.0435. The van der Waals surface area contributed by atoms with Gasteiger partial charge in [-0.3, -0.25) is 4.79 Å². The van der Waals surface area contributed by atoms with E-state index in [1.54, 1.807) is 0 Å². The Hall–Kier alpha value is -2.56. The van der Waals surface area contributed by atoms with Crippen molar-refractivity contribution in [2.24, 2.45) is 0 Å². The summed E-state index contributed by atoms with van der Waals surface area (Å²) in [6.45, 7) is -1.83. The van der Waals surface area contributed by atoms with E-state index in [0.717, 1.165) is 0 Å². The number of carbonyl (C=O) groups is 1. The zero-order valence-corrected chi connectivity index (χ0v) is 15.5. The largest absolute Gasteiger partial charge is 0.435 e. The fraction of sp³-hybridized carbons (Fsp3) is 0.278. The molecule has 1 amide bonds. The van der Waals surface area contributed by atoms with E-state index in [1.165, 1.54) is 52.8 Å². The highest BCUT2D eigenvalue weighted by molar-refractivity contribution is 7.89. The Morgan fingerprint density at radius 1 is 1.11 bits per heavy atom. The van der Waals surface area contributed by atoms with Crippen molar-refractivity contribution in [3.8, 4) is 5.75 Å². The smallest absolute Gasteiger partial charge is 0.387 e. The van der Waals surface area contributed by atoms with Crippen LogP contribution in [0.4, 0.5) is 14.5 Å². The minimum Gasteiger partial charge on any atom is -0.435 e. The number of nitrogens with zero attached hydrogens (tertiary/aromatic N) is 1. The standard InChI is InChI=1S/C18H18F2N2O5S/c19-18(20)27-15-5-1-3-13(11-15)17(23)21-14-4-2-6-16(12-14)28(24,25)22-7-9-26-10-8-22/h1-6,11-12,18H,7-10H2,(H,21,23). The molecule has 10 heteroatoms. The normalized spacial score (nSPS) is 15.4. The molecule has 0 saturated carbocycles. The average molecular weight is 412 g/mol. The Labute approximate surface area is 160 Å². The summed E-state index contributed by atoms with van der Waals surface area (Å²) in [5.41, 5.74) is 0.360. The molecule has 1 heterocycles. The monoisotopic (exact) mass is 412 g/mol. The van der Waals surface area contributed by atoms with E-state index in [0.29, 0.717) is 13.2 Å². The molecular weight excluding hydrogens is 394 g/mol. The van der Waals surface area contributed by atoms with Crippen molar-refractivity contribution in [1.29, 1.82) is 0 Å². The molecular formula is C18H18F2N2O5S. The minimum atomic E-state index is -3.71. The van der Waals surface area contributed by atoms with Crippen molar-refractivity contribution in [1.82, 2.24) is 4.31 Å². The van der Waals surface area contributed by atoms with Gasteiger partial charge in [0.1, 0.15) is 5.75 Å². The van der Waals surface area contributed by atoms with Crippen LogP contribution in [0.5, 0.6) is 5.75 Å². The summed E-state index contributed by atoms with van der Waals surface area (Å²) in [6.07, 6.45) is 0. The number of halogens is 2. The maximum absolute atomic E-state index is 12.7. The molecule has 1 N–H and O–H groups in total. The quantitative estimate of drug-likeness (QED) is 0.788. The van der Waals surface area contributed by atoms with Gasteiger partial charge in [0.15, 0.2) is 0 Å². The van der Waals surface area contributed by atoms with Gasteiger partial charge in [0, 0.05) is 24.3 Å². The Bertz CT molecular complexity index is 946. The molecule has 0 aromatic heterocycles. The van der Waals surface area contributed by atoms with Gasteiger partial charge in [-0.1, -0.05) is 12.1 Å². The molecule has 1 saturated heterocycles. The molecule has 2 aromatic carbocycles. The van der Waals surface area contributed by atoms with Gasteiger partial charge in [0.2, 0.25) is 10.0 Å². The lowest BCUT2D eigenvalue weighted by molar-refractivity contribution is -0.0498. The molecule has 0 radical (unpaired) electrons. The summed E-state index contributed by atoms with van der Waals surface area (Å²) >= 11 is 0. The number of alkyl halides is 2. The van der Waals surface area contributed by atoms with Crippen molar-refractivity contribution in [3.63, 3.8) is 0 Å². The van der Waals surface area contributed by atoms with Crippen LogP contribution in [0.25, 0.3) is 0 Å². The summed E-state index contributed by atoms with van der Waals surface area (Å²) in [5.74, 6) is -0.730. The maximum atomic E-state index is 12.7. The highest BCUT2D eigenvalue weighted by atomic mass is 32.2. The van der Waals surface area contributed by atoms with E-state index in [-0.39, 0.29) is 35.0 Å². The predicted molar refractivity (Wildman–Crippen MR) is 97.0 cm³/mol. The van der Waals surface area contributed by atoms with Crippen LogP contribution in [-0.4, -0.2) is 51.5 Å². The lowest BCUT2D eigenvalue weighted by Gasteiger charge is -2.26. The van der Waals surface area contributed by atoms with Crippen molar-refractivity contribution >= 4 is 21.6 Å². The van der Waals surface area contributed by atoms with Crippen LogP contribution in [0.15, 0.2) is 53.4 Å². The van der Waals surface area contributed by atoms with Crippen LogP contribution in [0.2, 0.25) is 0 Å². The summed E-state index contributed by atoms with van der Waals surface area (Å²) in [5, 5.41) is 2.56. The highest BCUT2D eigenvalue weighted by Crippen LogP contribution is 2.22. The number of nitrogens with one attached hydrogen (secondary N) is 1. The summed E-state index contributed by atoms with van der Waals surface area (Å²) in [4.78, 5) is 12.4. The van der Waals surface area contributed by atoms with Crippen LogP contribution in [-0.2, 0) is 14.8 Å². The van der Waals surface area contributed by atoms with E-state index in [9.17, 15) is 22.0 Å². The topological polar surface area (TPSA) is 84.9 Å². The fourth-order valence-electron chi connectivity index (χ4n) is 2.69. The van der Waals surface area contributed by atoms with Crippen molar-refractivity contribution in [2.45, 2.75) is 11.5 Å². The molecule has 0 unspecified atom stereocenters. The molecule has 3 rings (SSSR count). The third kappa shape index (κ3) is 4.83. The zero-order valence-electron chi connectivity index (χ0n) is 14.7. The first-order valence-electron chi connectivity index (χ1n) is 8.40. The summed E-state index contributed by atoms with van der Waals surface area (Å²) in [7, 11) is -3.71. The van der Waals surface area contributed by atoms with Crippen molar-refractivity contribution in [3.05, 3.63) is 54.1 Å². The Morgan fingerprint density at radius 2 is 1.82 bits per heavy atom. The Kier molecular flexibility index (Phi) is 6.22. The van der Waals surface area contributed by atoms with Gasteiger partial charge in [0.25, 0.3) is 5.91 Å². The number of amides is 1. The molecule has 1 aliphatic rings. The van der Waals surface area contributed by atoms with E-state index < -0.39 is 22.5 Å². The van der Waals surface area contributed by atoms with Gasteiger partial charge in [-0.05, 0) is 36.4 Å². The maximum Gasteiger partial charge on any atom is 0.387 e. The first-order valence-corrected chi connectivity index (χ1v) is 9.84. The van der Waals surface area contributed by atoms with E-state index in [2.05, 4.69) is 10.1 Å². The molecule has 150 valence electrons. The fourth-order valence-corrected chi connectivity index (χ4v) is 4.14. The van der Waals surface area contributed by atoms with Crippen molar-refractivity contribution < 1.29 is 31.5 Å². The molecule has 7 nitrogen and oxygen atoms in total. The van der Waals surface area contributed by atoms with Gasteiger partial charge in [-0.15, -0.1) is 0 Å². The van der Waals surface area contributed by atoms with Gasteiger partial charge < -0.3 is 14.8 Å². The first-order chi connectivity index (χ1) is 13.4. The number of ether oxygens (including phenoxy) is 2. The number of sulfonamides is 1. The third-order valence-electron chi connectivity index (χ3n) is 4.02. The van der Waals surface area contributed by atoms with Crippen LogP contribution in [0, 0.1) is 0 Å². The zero-order chi connectivity index (χ0) is 20.1. The predicted octanol–water partition coefficient (Wildman–Crippen LogP) is 2.56. The number of rotatable bonds is 6. The number of benzene rings is 2. The van der Waals surface area contributed by atoms with Gasteiger partial charge in [0.05, 0.1) is 18.1 Å². The van der Waals surface area contributed by atoms with Crippen molar-refractivity contribution in [2.75, 3.05) is 31.6 Å². The van der Waals surface area contributed by atoms with Crippen LogP contribution in [0.3, 0.4) is 0 Å². The first kappa shape index (κ1) is 20.2. The molecule has 0 aliphatic carbocycles. The average Bonchev–Trinajstić information content (AvgIpc) is 2.68. The molecule has 1 fully saturated rings. The van der Waals surface area contributed by atoms with Crippen LogP contribution in [0.1, 0.15) is 10.4 Å². The second-order valence-electron chi connectivity index (χ2n) is 5.90. The highest BCUT2D eigenvalue weighted by Gasteiger charge is 2.26. The molecule has 0 spiro atoms. The van der Waals surface area contributed by atoms with Gasteiger partial charge >= 0.3 is 6.61 Å². The lowest BCUT2D eigenvalue weighted by atomic mass is 10.2. The number of anilines is 1. The van der Waals surface area contributed by atoms with Crippen LogP contribution < -0.4 is 10.1 Å². The molecule has 28 heavy (non-hydrogen) atoms. The summed E-state index contributed by atoms with van der Waals surface area (Å²) in [6, 6.07) is 11.2. The summed E-state index contributed by atoms with van der Waals surface area (Å²) < 4.78 is 60.8. The van der Waals surface area contributed by atoms with Gasteiger partial charge in [-0.25, -0.2) is 8.42 Å². The number of hydrogen-bond donors (Lipinski definition) is 1. The molecule has 2 aromatic rings. The SMILES string of the molecule is O=C(Nc1cccc(S(=O)(=O)N2CCOCC2)c1)c1cccc(OC(F)F)c1. The van der Waals surface area contributed by atoms with E-state index in [1.807, 2.05) is 0 Å². The Balaban J connectivity index is 1.76. The number of hydrogen-bond acceptors (Lipinski definition) is 5. The third-order valence-corrected chi connectivity index (χ3v) is 5.92. The second-order valence-corrected chi connectivity index (χ2v) is 7.84. The second kappa shape index (κ2) is 8.63. The Morgan fingerprint density at radius 3 is 2.54 bits per heavy atom.